The molecule has 0 radical (unpaired) electrons. The molecule has 2 unspecified atom stereocenters. The van der Waals surface area contributed by atoms with Gasteiger partial charge >= 0.3 is 0 Å². The van der Waals surface area contributed by atoms with Gasteiger partial charge in [0.1, 0.15) is 0 Å². The van der Waals surface area contributed by atoms with Crippen LogP contribution in [0.3, 0.4) is 0 Å². The van der Waals surface area contributed by atoms with Gasteiger partial charge in [0.25, 0.3) is 0 Å². The van der Waals surface area contributed by atoms with E-state index in [2.05, 4.69) is 34.9 Å². The van der Waals surface area contributed by atoms with Crippen LogP contribution in [0.5, 0.6) is 0 Å². The SMILES string of the molecule is O=C(NC1CCc2ccccc2C1)C1CCNC1. The van der Waals surface area contributed by atoms with Gasteiger partial charge in [0, 0.05) is 12.6 Å². The van der Waals surface area contributed by atoms with E-state index >= 15 is 0 Å². The van der Waals surface area contributed by atoms with Crippen LogP contribution in [0.2, 0.25) is 0 Å². The normalized spacial score (nSPS) is 26.7. The average molecular weight is 244 g/mol. The molecule has 1 aromatic carbocycles. The van der Waals surface area contributed by atoms with E-state index in [-0.39, 0.29) is 11.8 Å². The summed E-state index contributed by atoms with van der Waals surface area (Å²) in [5.74, 6) is 0.423. The second-order valence-corrected chi connectivity index (χ2v) is 5.41. The summed E-state index contributed by atoms with van der Waals surface area (Å²) in [5, 5.41) is 6.47. The highest BCUT2D eigenvalue weighted by Gasteiger charge is 2.26. The second kappa shape index (κ2) is 5.11. The summed E-state index contributed by atoms with van der Waals surface area (Å²) in [7, 11) is 0. The monoisotopic (exact) mass is 244 g/mol. The van der Waals surface area contributed by atoms with Crippen LogP contribution in [0.15, 0.2) is 24.3 Å². The van der Waals surface area contributed by atoms with Gasteiger partial charge in [0.15, 0.2) is 0 Å². The molecule has 0 spiro atoms. The second-order valence-electron chi connectivity index (χ2n) is 5.41. The lowest BCUT2D eigenvalue weighted by atomic mass is 9.88. The van der Waals surface area contributed by atoms with Crippen molar-refractivity contribution in [1.82, 2.24) is 10.6 Å². The molecule has 2 atom stereocenters. The number of rotatable bonds is 2. The highest BCUT2D eigenvalue weighted by Crippen LogP contribution is 2.21. The molecule has 0 saturated carbocycles. The van der Waals surface area contributed by atoms with E-state index < -0.39 is 0 Å². The molecule has 1 amide bonds. The fraction of sp³-hybridized carbons (Fsp3) is 0.533. The maximum Gasteiger partial charge on any atom is 0.224 e. The van der Waals surface area contributed by atoms with Crippen molar-refractivity contribution in [2.75, 3.05) is 13.1 Å². The number of amides is 1. The van der Waals surface area contributed by atoms with E-state index in [9.17, 15) is 4.79 Å². The van der Waals surface area contributed by atoms with Crippen molar-refractivity contribution in [3.05, 3.63) is 35.4 Å². The molecule has 0 bridgehead atoms. The molecule has 1 aliphatic heterocycles. The van der Waals surface area contributed by atoms with Gasteiger partial charge in [-0.15, -0.1) is 0 Å². The predicted octanol–water partition coefficient (Wildman–Crippen LogP) is 1.27. The van der Waals surface area contributed by atoms with Gasteiger partial charge in [-0.05, 0) is 43.4 Å². The number of hydrogen-bond acceptors (Lipinski definition) is 2. The molecule has 3 rings (SSSR count). The zero-order chi connectivity index (χ0) is 12.4. The Morgan fingerprint density at radius 2 is 2.06 bits per heavy atom. The number of fused-ring (bicyclic) bond motifs is 1. The summed E-state index contributed by atoms with van der Waals surface area (Å²) < 4.78 is 0. The lowest BCUT2D eigenvalue weighted by molar-refractivity contribution is -0.125. The van der Waals surface area contributed by atoms with Crippen molar-refractivity contribution in [1.29, 1.82) is 0 Å². The smallest absolute Gasteiger partial charge is 0.224 e. The largest absolute Gasteiger partial charge is 0.353 e. The molecule has 0 aromatic heterocycles. The Bertz CT molecular complexity index is 438. The van der Waals surface area contributed by atoms with Gasteiger partial charge in [-0.1, -0.05) is 24.3 Å². The molecule has 1 heterocycles. The maximum absolute atomic E-state index is 12.1. The summed E-state index contributed by atoms with van der Waals surface area (Å²) >= 11 is 0. The summed E-state index contributed by atoms with van der Waals surface area (Å²) in [6, 6.07) is 8.90. The first-order valence-corrected chi connectivity index (χ1v) is 6.91. The topological polar surface area (TPSA) is 41.1 Å². The Balaban J connectivity index is 1.60. The van der Waals surface area contributed by atoms with Crippen LogP contribution in [-0.4, -0.2) is 25.0 Å². The number of benzene rings is 1. The number of carbonyl (C=O) groups is 1. The number of hydrogen-bond donors (Lipinski definition) is 2. The van der Waals surface area contributed by atoms with E-state index in [4.69, 9.17) is 0 Å². The van der Waals surface area contributed by atoms with Crippen LogP contribution in [0.25, 0.3) is 0 Å². The third-order valence-corrected chi connectivity index (χ3v) is 4.12. The van der Waals surface area contributed by atoms with E-state index in [0.29, 0.717) is 6.04 Å². The van der Waals surface area contributed by atoms with Crippen molar-refractivity contribution in [3.8, 4) is 0 Å². The predicted molar refractivity (Wildman–Crippen MR) is 71.4 cm³/mol. The number of aryl methyl sites for hydroxylation is 1. The molecule has 1 fully saturated rings. The van der Waals surface area contributed by atoms with Crippen LogP contribution in [-0.2, 0) is 17.6 Å². The first-order valence-electron chi connectivity index (χ1n) is 6.91. The Hall–Kier alpha value is -1.35. The minimum atomic E-state index is 0.183. The van der Waals surface area contributed by atoms with Gasteiger partial charge in [-0.25, -0.2) is 0 Å². The third-order valence-electron chi connectivity index (χ3n) is 4.12. The van der Waals surface area contributed by atoms with Crippen molar-refractivity contribution in [2.45, 2.75) is 31.7 Å². The summed E-state index contributed by atoms with van der Waals surface area (Å²) in [4.78, 5) is 12.1. The molecular formula is C15H20N2O. The Labute approximate surface area is 108 Å². The standard InChI is InChI=1S/C15H20N2O/c18-15(13-7-8-16-10-13)17-14-6-5-11-3-1-2-4-12(11)9-14/h1-4,13-14,16H,5-10H2,(H,17,18). The van der Waals surface area contributed by atoms with E-state index in [1.165, 1.54) is 11.1 Å². The maximum atomic E-state index is 12.1. The molecule has 3 nitrogen and oxygen atoms in total. The lowest BCUT2D eigenvalue weighted by Crippen LogP contribution is -2.42. The molecule has 18 heavy (non-hydrogen) atoms. The van der Waals surface area contributed by atoms with Gasteiger partial charge in [0.2, 0.25) is 5.91 Å². The molecule has 1 saturated heterocycles. The quantitative estimate of drug-likeness (QED) is 0.822. The van der Waals surface area contributed by atoms with Crippen molar-refractivity contribution < 1.29 is 4.79 Å². The van der Waals surface area contributed by atoms with E-state index in [0.717, 1.165) is 38.8 Å². The number of carbonyl (C=O) groups excluding carboxylic acids is 1. The van der Waals surface area contributed by atoms with E-state index in [1.54, 1.807) is 0 Å². The average Bonchev–Trinajstić information content (AvgIpc) is 2.92. The minimum Gasteiger partial charge on any atom is -0.353 e. The van der Waals surface area contributed by atoms with Crippen LogP contribution in [0, 0.1) is 5.92 Å². The van der Waals surface area contributed by atoms with Crippen molar-refractivity contribution >= 4 is 5.91 Å². The van der Waals surface area contributed by atoms with Gasteiger partial charge in [0.05, 0.1) is 5.92 Å². The highest BCUT2D eigenvalue weighted by molar-refractivity contribution is 5.79. The third kappa shape index (κ3) is 2.41. The lowest BCUT2D eigenvalue weighted by Gasteiger charge is -2.26. The summed E-state index contributed by atoms with van der Waals surface area (Å²) in [6.07, 6.45) is 4.13. The van der Waals surface area contributed by atoms with Crippen LogP contribution in [0.1, 0.15) is 24.0 Å². The zero-order valence-corrected chi connectivity index (χ0v) is 10.6. The molecule has 3 heteroatoms. The molecule has 1 aliphatic carbocycles. The summed E-state index contributed by atoms with van der Waals surface area (Å²) in [5.41, 5.74) is 2.85. The van der Waals surface area contributed by atoms with Crippen molar-refractivity contribution in [2.24, 2.45) is 5.92 Å². The zero-order valence-electron chi connectivity index (χ0n) is 10.6. The fourth-order valence-corrected chi connectivity index (χ4v) is 3.02. The molecule has 2 aliphatic rings. The summed E-state index contributed by atoms with van der Waals surface area (Å²) in [6.45, 7) is 1.82. The number of nitrogens with one attached hydrogen (secondary N) is 2. The fourth-order valence-electron chi connectivity index (χ4n) is 3.02. The first kappa shape index (κ1) is 11.7. The van der Waals surface area contributed by atoms with Gasteiger partial charge < -0.3 is 10.6 Å². The molecule has 2 N–H and O–H groups in total. The molecule has 96 valence electrons. The van der Waals surface area contributed by atoms with Crippen LogP contribution in [0.4, 0.5) is 0 Å². The highest BCUT2D eigenvalue weighted by atomic mass is 16.2. The molecule has 1 aromatic rings. The Morgan fingerprint density at radius 3 is 2.83 bits per heavy atom. The Kier molecular flexibility index (Phi) is 3.33. The van der Waals surface area contributed by atoms with Crippen LogP contribution < -0.4 is 10.6 Å². The van der Waals surface area contributed by atoms with Crippen LogP contribution >= 0.6 is 0 Å². The molecular weight excluding hydrogens is 224 g/mol. The van der Waals surface area contributed by atoms with Gasteiger partial charge in [-0.2, -0.15) is 0 Å². The first-order chi connectivity index (χ1) is 8.83. The van der Waals surface area contributed by atoms with E-state index in [1.807, 2.05) is 0 Å². The Morgan fingerprint density at radius 1 is 1.22 bits per heavy atom. The van der Waals surface area contributed by atoms with Crippen molar-refractivity contribution in [3.63, 3.8) is 0 Å². The van der Waals surface area contributed by atoms with Gasteiger partial charge in [-0.3, -0.25) is 4.79 Å². The minimum absolute atomic E-state index is 0.183.